The van der Waals surface area contributed by atoms with Gasteiger partial charge in [0.15, 0.2) is 11.7 Å². The number of benzene rings is 1. The quantitative estimate of drug-likeness (QED) is 0.0966. The summed E-state index contributed by atoms with van der Waals surface area (Å²) in [5.41, 5.74) is 6.32. The van der Waals surface area contributed by atoms with Gasteiger partial charge in [0.25, 0.3) is 17.7 Å². The SMILES string of the molecule is C.CC(C)(C)OC(=O)N1CCOC[C@H]1C(=O)Nc1cccc(C(F)(F)F)n1.CC(C)(C)OC(=O)N1CCOC[C@H]1C(=O)O.NC(=O)c1nn(CC(=O)N2CCOC[C@H]2C(=O)Nc2cccc(C(F)(F)F)n2)c2ccccc12.Nc1cccc(C(F)(F)F)n1. The van der Waals surface area contributed by atoms with Crippen LogP contribution in [0.2, 0.25) is 0 Å². The van der Waals surface area contributed by atoms with E-state index in [4.69, 9.17) is 40.3 Å². The number of aliphatic carboxylic acids is 1. The van der Waals surface area contributed by atoms with Crippen molar-refractivity contribution in [2.45, 2.75) is 103 Å². The summed E-state index contributed by atoms with van der Waals surface area (Å²) in [5, 5.41) is 18.2. The summed E-state index contributed by atoms with van der Waals surface area (Å²) >= 11 is 0. The van der Waals surface area contributed by atoms with E-state index in [0.717, 1.165) is 30.3 Å². The van der Waals surface area contributed by atoms with Crippen molar-refractivity contribution in [3.05, 3.63) is 102 Å². The number of nitrogens with zero attached hydrogens (tertiary/aromatic N) is 8. The number of alkyl halides is 9. The predicted octanol–water partition coefficient (Wildman–Crippen LogP) is 7.12. The number of para-hydroxylation sites is 1. The lowest BCUT2D eigenvalue weighted by molar-refractivity contribution is -0.149. The zero-order chi connectivity index (χ0) is 64.8. The maximum atomic E-state index is 13.1. The summed E-state index contributed by atoms with van der Waals surface area (Å²) in [7, 11) is 0. The number of primary amides is 1. The van der Waals surface area contributed by atoms with Crippen molar-refractivity contribution < 1.29 is 102 Å². The number of carboxylic acid groups (broad SMARTS) is 1. The molecule has 0 bridgehead atoms. The highest BCUT2D eigenvalue weighted by atomic mass is 19.4. The molecule has 3 aliphatic rings. The van der Waals surface area contributed by atoms with Gasteiger partial charge in [-0.1, -0.05) is 43.8 Å². The molecule has 1 aromatic carbocycles. The number of nitrogens with two attached hydrogens (primary N) is 2. The van der Waals surface area contributed by atoms with E-state index >= 15 is 0 Å². The molecule has 0 aliphatic carbocycles. The highest BCUT2D eigenvalue weighted by Crippen LogP contribution is 2.31. The summed E-state index contributed by atoms with van der Waals surface area (Å²) in [5.74, 6) is -4.47. The smallest absolute Gasteiger partial charge is 0.433 e. The lowest BCUT2D eigenvalue weighted by Crippen LogP contribution is -2.55. The number of carboxylic acids is 1. The van der Waals surface area contributed by atoms with Gasteiger partial charge in [-0.15, -0.1) is 0 Å². The molecule has 6 amide bonds. The molecule has 7 heterocycles. The molecule has 3 saturated heterocycles. The van der Waals surface area contributed by atoms with Crippen LogP contribution in [0.4, 0.5) is 66.6 Å². The lowest BCUT2D eigenvalue weighted by Gasteiger charge is -2.35. The van der Waals surface area contributed by atoms with E-state index in [1.54, 1.807) is 65.8 Å². The molecule has 3 aliphatic heterocycles. The van der Waals surface area contributed by atoms with Gasteiger partial charge >= 0.3 is 36.7 Å². The Balaban J connectivity index is 0.000000270. The van der Waals surface area contributed by atoms with E-state index in [1.165, 1.54) is 43.6 Å². The van der Waals surface area contributed by atoms with Crippen molar-refractivity contribution in [2.75, 3.05) is 75.6 Å². The Morgan fingerprint density at radius 2 is 0.977 bits per heavy atom. The van der Waals surface area contributed by atoms with Crippen LogP contribution >= 0.6 is 0 Å². The van der Waals surface area contributed by atoms with Crippen LogP contribution < -0.4 is 22.1 Å². The number of fused-ring (bicyclic) bond motifs is 1. The topological polar surface area (TPSA) is 328 Å². The number of aromatic nitrogens is 5. The number of carbonyl (C=O) groups is 7. The molecule has 8 rings (SSSR count). The van der Waals surface area contributed by atoms with E-state index in [2.05, 4.69) is 30.7 Å². The molecule has 0 unspecified atom stereocenters. The van der Waals surface area contributed by atoms with Crippen LogP contribution in [-0.4, -0.2) is 175 Å². The van der Waals surface area contributed by atoms with Crippen LogP contribution in [0.3, 0.4) is 0 Å². The number of hydrogen-bond donors (Lipinski definition) is 5. The zero-order valence-electron chi connectivity index (χ0n) is 47.3. The first-order valence-electron chi connectivity index (χ1n) is 25.9. The van der Waals surface area contributed by atoms with E-state index in [1.807, 2.05) is 0 Å². The monoisotopic (exact) mass is 1260 g/mol. The molecule has 3 atom stereocenters. The molecule has 34 heteroatoms. The van der Waals surface area contributed by atoms with Crippen molar-refractivity contribution in [3.63, 3.8) is 0 Å². The number of morpholine rings is 3. The summed E-state index contributed by atoms with van der Waals surface area (Å²) in [6.45, 7) is 10.9. The summed E-state index contributed by atoms with van der Waals surface area (Å²) in [4.78, 5) is 98.5. The average molecular weight is 1260 g/mol. The van der Waals surface area contributed by atoms with Gasteiger partial charge < -0.3 is 55.8 Å². The number of nitrogen functional groups attached to an aromatic ring is 1. The second-order valence-corrected chi connectivity index (χ2v) is 20.7. The van der Waals surface area contributed by atoms with Crippen LogP contribution in [0.5, 0.6) is 0 Å². The van der Waals surface area contributed by atoms with Gasteiger partial charge in [0.05, 0.1) is 45.2 Å². The van der Waals surface area contributed by atoms with Gasteiger partial charge in [-0.2, -0.15) is 44.6 Å². The molecular weight excluding hydrogens is 1200 g/mol. The zero-order valence-corrected chi connectivity index (χ0v) is 47.3. The van der Waals surface area contributed by atoms with E-state index in [-0.39, 0.29) is 89.8 Å². The van der Waals surface area contributed by atoms with Gasteiger partial charge in [0.1, 0.15) is 64.4 Å². The third-order valence-electron chi connectivity index (χ3n) is 11.7. The van der Waals surface area contributed by atoms with Crippen LogP contribution in [-0.2, 0) is 67.9 Å². The van der Waals surface area contributed by atoms with Gasteiger partial charge in [-0.3, -0.25) is 33.7 Å². The Morgan fingerprint density at radius 1 is 0.580 bits per heavy atom. The fourth-order valence-electron chi connectivity index (χ4n) is 7.83. The molecular formula is C54H65F9N12O13. The maximum absolute atomic E-state index is 13.1. The first kappa shape index (κ1) is 71.6. The van der Waals surface area contributed by atoms with Crippen molar-refractivity contribution in [2.24, 2.45) is 5.73 Å². The second kappa shape index (κ2) is 30.1. The Labute approximate surface area is 496 Å². The van der Waals surface area contributed by atoms with Gasteiger partial charge in [-0.25, -0.2) is 29.3 Å². The minimum atomic E-state index is -4.67. The number of ether oxygens (including phenoxy) is 5. The van der Waals surface area contributed by atoms with Crippen LogP contribution in [0.15, 0.2) is 78.9 Å². The Hall–Kier alpha value is -8.92. The number of pyridine rings is 3. The van der Waals surface area contributed by atoms with Crippen molar-refractivity contribution in [1.29, 1.82) is 0 Å². The predicted molar refractivity (Wildman–Crippen MR) is 293 cm³/mol. The first-order valence-corrected chi connectivity index (χ1v) is 25.9. The minimum Gasteiger partial charge on any atom is -0.480 e. The van der Waals surface area contributed by atoms with E-state index in [0.29, 0.717) is 17.5 Å². The Morgan fingerprint density at radius 3 is 1.39 bits per heavy atom. The fourth-order valence-corrected chi connectivity index (χ4v) is 7.83. The van der Waals surface area contributed by atoms with Gasteiger partial charge in [0, 0.05) is 25.0 Å². The molecule has 25 nitrogen and oxygen atoms in total. The highest BCUT2D eigenvalue weighted by molar-refractivity contribution is 6.04. The van der Waals surface area contributed by atoms with Crippen molar-refractivity contribution >= 4 is 70.1 Å². The largest absolute Gasteiger partial charge is 0.480 e. The Kier molecular flexibility index (Phi) is 24.5. The summed E-state index contributed by atoms with van der Waals surface area (Å²) in [6, 6.07) is 13.3. The Bertz CT molecular complexity index is 3240. The third kappa shape index (κ3) is 21.2. The molecule has 0 radical (unpaired) electrons. The summed E-state index contributed by atoms with van der Waals surface area (Å²) < 4.78 is 140. The van der Waals surface area contributed by atoms with Crippen molar-refractivity contribution in [3.8, 4) is 0 Å². The minimum absolute atomic E-state index is 0. The van der Waals surface area contributed by atoms with E-state index < -0.39 is 107 Å². The maximum Gasteiger partial charge on any atom is 0.433 e. The molecule has 88 heavy (non-hydrogen) atoms. The van der Waals surface area contributed by atoms with Gasteiger partial charge in [-0.05, 0) is 84.0 Å². The average Bonchev–Trinajstić information content (AvgIpc) is 2.19. The molecule has 482 valence electrons. The molecule has 3 fully saturated rings. The summed E-state index contributed by atoms with van der Waals surface area (Å²) in [6.07, 6.45) is -15.0. The molecule has 4 aromatic heterocycles. The standard InChI is InChI=1S/C21H19F3N6O4.C16H20F3N3O4.C10H17NO5.C6H5F3N2.CH4/c22-21(23,24)15-6-3-7-16(26-15)27-20(33)14-11-34-9-8-29(14)17(31)10-30-13-5-2-1-4-12(13)18(28-30)19(25)32;1-15(2,3)26-14(24)22-7-8-25-9-10(22)13(23)21-12-6-4-5-11(20-12)16(17,18)19;1-10(2,3)16-9(14)11-4-5-15-6-7(11)8(12)13;7-6(8,9)4-2-1-3-5(10)11-4;/h1-7,14H,8-11H2,(H2,25,32)(H,26,27,33);4-6,10H,7-9H2,1-3H3,(H,20,21,23);7H,4-6H2,1-3H3,(H,12,13);1-3H,(H2,10,11);1H4/t14-;10-;7-;;/m000../s1. The van der Waals surface area contributed by atoms with Crippen LogP contribution in [0, 0.1) is 0 Å². The second-order valence-electron chi connectivity index (χ2n) is 20.7. The van der Waals surface area contributed by atoms with Crippen LogP contribution in [0.1, 0.15) is 76.5 Å². The van der Waals surface area contributed by atoms with Gasteiger partial charge in [0.2, 0.25) is 5.91 Å². The molecule has 0 spiro atoms. The van der Waals surface area contributed by atoms with Crippen molar-refractivity contribution in [1.82, 2.24) is 39.4 Å². The fraction of sp³-hybridized carbons (Fsp3) is 0.463. The lowest BCUT2D eigenvalue weighted by atomic mass is 10.2. The molecule has 7 N–H and O–H groups in total. The number of halogens is 9. The van der Waals surface area contributed by atoms with Crippen LogP contribution in [0.25, 0.3) is 10.9 Å². The van der Waals surface area contributed by atoms with E-state index in [9.17, 15) is 73.1 Å². The molecule has 0 saturated carbocycles. The first-order chi connectivity index (χ1) is 40.4. The number of carbonyl (C=O) groups excluding carboxylic acids is 6. The number of hydrogen-bond acceptors (Lipinski definition) is 17. The highest BCUT2D eigenvalue weighted by Gasteiger charge is 2.40. The number of amides is 6. The number of rotatable bonds is 8. The normalized spacial score (nSPS) is 17.2. The number of nitrogens with one attached hydrogen (secondary N) is 2. The molecule has 5 aromatic rings. The number of anilines is 3. The third-order valence-corrected chi connectivity index (χ3v) is 11.7.